The monoisotopic (exact) mass is 308 g/mol. The van der Waals surface area contributed by atoms with E-state index < -0.39 is 16.3 Å². The predicted molar refractivity (Wildman–Crippen MR) is 67.0 cm³/mol. The molecule has 1 N–H and O–H groups in total. The Kier molecular flexibility index (Phi) is 4.89. The second kappa shape index (κ2) is 5.16. The Morgan fingerprint density at radius 3 is 1.79 bits per heavy atom. The zero-order valence-electron chi connectivity index (χ0n) is 10.7. The van der Waals surface area contributed by atoms with Crippen LogP contribution < -0.4 is 4.18 Å². The molecular formula is C11H17F5O2S. The quantitative estimate of drug-likeness (QED) is 0.754. The average molecular weight is 308 g/mol. The lowest BCUT2D eigenvalue weighted by molar-refractivity contribution is 0.243. The van der Waals surface area contributed by atoms with Gasteiger partial charge in [0.1, 0.15) is 5.75 Å². The van der Waals surface area contributed by atoms with E-state index in [2.05, 4.69) is 4.18 Å². The van der Waals surface area contributed by atoms with Crippen molar-refractivity contribution in [1.82, 2.24) is 0 Å². The minimum atomic E-state index is -9.90. The lowest BCUT2D eigenvalue weighted by Gasteiger charge is -2.39. The third kappa shape index (κ3) is 7.89. The van der Waals surface area contributed by atoms with E-state index in [1.807, 2.05) is 13.8 Å². The summed E-state index contributed by atoms with van der Waals surface area (Å²) >= 11 is 0. The largest absolute Gasteiger partial charge is 0.435 e. The first kappa shape index (κ1) is 18.0. The first-order valence-electron chi connectivity index (χ1n) is 5.55. The molecule has 0 aromatic heterocycles. The van der Waals surface area contributed by atoms with Crippen molar-refractivity contribution in [1.29, 1.82) is 0 Å². The number of hydrogen-bond acceptors (Lipinski definition) is 2. The first-order valence-corrected chi connectivity index (χ1v) is 7.43. The molecule has 1 aromatic carbocycles. The van der Waals surface area contributed by atoms with Gasteiger partial charge in [-0.15, -0.1) is 0 Å². The van der Waals surface area contributed by atoms with Crippen LogP contribution in [-0.2, 0) is 0 Å². The van der Waals surface area contributed by atoms with Gasteiger partial charge in [-0.3, -0.25) is 0 Å². The highest BCUT2D eigenvalue weighted by Gasteiger charge is 2.67. The van der Waals surface area contributed by atoms with Crippen LogP contribution in [0.2, 0.25) is 0 Å². The van der Waals surface area contributed by atoms with Crippen LogP contribution >= 0.6 is 10.5 Å². The fourth-order valence-corrected chi connectivity index (χ4v) is 1.61. The summed E-state index contributed by atoms with van der Waals surface area (Å²) in [7, 11) is -9.90. The highest BCUT2D eigenvalue weighted by molar-refractivity contribution is 8.42. The second-order valence-electron chi connectivity index (χ2n) is 3.63. The SMILES string of the molecule is CC.CC(CO)c1ccc(OS(F)(F)(F)(F)F)cc1. The van der Waals surface area contributed by atoms with Crippen LogP contribution in [0.15, 0.2) is 24.3 Å². The number of halogens is 5. The van der Waals surface area contributed by atoms with E-state index in [-0.39, 0.29) is 12.5 Å². The number of hydrogen-bond donors (Lipinski definition) is 1. The summed E-state index contributed by atoms with van der Waals surface area (Å²) in [5, 5.41) is 8.80. The molecule has 0 spiro atoms. The zero-order chi connectivity index (χ0) is 15.4. The van der Waals surface area contributed by atoms with E-state index in [0.29, 0.717) is 5.56 Å². The van der Waals surface area contributed by atoms with Gasteiger partial charge >= 0.3 is 10.5 Å². The number of aliphatic hydroxyl groups is 1. The zero-order valence-corrected chi connectivity index (χ0v) is 11.6. The van der Waals surface area contributed by atoms with Gasteiger partial charge in [-0.2, -0.15) is 0 Å². The molecule has 1 aromatic rings. The van der Waals surface area contributed by atoms with Crippen LogP contribution in [0, 0.1) is 0 Å². The summed E-state index contributed by atoms with van der Waals surface area (Å²) in [6, 6.07) is 3.97. The highest BCUT2D eigenvalue weighted by Crippen LogP contribution is 2.97. The standard InChI is InChI=1S/C9H11F5O2S.C2H6/c1-7(6-15)8-2-4-9(5-3-8)16-17(10,11,12,13)14;1-2/h2-5,7,15H,6H2,1H3;1-2H3. The maximum absolute atomic E-state index is 12.0. The minimum Gasteiger partial charge on any atom is -0.396 e. The van der Waals surface area contributed by atoms with E-state index in [4.69, 9.17) is 5.11 Å². The lowest BCUT2D eigenvalue weighted by Crippen LogP contribution is -2.14. The molecule has 0 aliphatic heterocycles. The summed E-state index contributed by atoms with van der Waals surface area (Å²) in [5.74, 6) is -1.26. The van der Waals surface area contributed by atoms with Gasteiger partial charge in [0.25, 0.3) is 0 Å². The van der Waals surface area contributed by atoms with Crippen molar-refractivity contribution in [3.8, 4) is 5.75 Å². The molecule has 0 heterocycles. The van der Waals surface area contributed by atoms with Crippen molar-refractivity contribution in [3.05, 3.63) is 29.8 Å². The smallest absolute Gasteiger partial charge is 0.396 e. The van der Waals surface area contributed by atoms with Crippen LogP contribution in [0.1, 0.15) is 32.3 Å². The average Bonchev–Trinajstić information content (AvgIpc) is 2.28. The molecule has 0 bridgehead atoms. The van der Waals surface area contributed by atoms with Gasteiger partial charge in [-0.1, -0.05) is 52.3 Å². The molecule has 1 atom stereocenters. The van der Waals surface area contributed by atoms with Gasteiger partial charge in [0.05, 0.1) is 0 Å². The molecule has 1 unspecified atom stereocenters. The molecule has 0 aliphatic carbocycles. The van der Waals surface area contributed by atoms with Gasteiger partial charge in [0.15, 0.2) is 0 Å². The Morgan fingerprint density at radius 2 is 1.47 bits per heavy atom. The van der Waals surface area contributed by atoms with E-state index in [9.17, 15) is 19.4 Å². The fourth-order valence-electron chi connectivity index (χ4n) is 1.14. The third-order valence-corrected chi connectivity index (χ3v) is 2.48. The van der Waals surface area contributed by atoms with Crippen LogP contribution in [0.3, 0.4) is 0 Å². The third-order valence-electron chi connectivity index (χ3n) is 1.98. The Balaban J connectivity index is 0.00000154. The van der Waals surface area contributed by atoms with Crippen molar-refractivity contribution in [2.75, 3.05) is 6.61 Å². The molecular weight excluding hydrogens is 291 g/mol. The van der Waals surface area contributed by atoms with Crippen molar-refractivity contribution in [2.45, 2.75) is 26.7 Å². The van der Waals surface area contributed by atoms with Crippen molar-refractivity contribution in [2.24, 2.45) is 0 Å². The lowest BCUT2D eigenvalue weighted by atomic mass is 10.0. The van der Waals surface area contributed by atoms with Gasteiger partial charge in [-0.25, -0.2) is 0 Å². The van der Waals surface area contributed by atoms with Crippen LogP contribution in [0.5, 0.6) is 5.75 Å². The van der Waals surface area contributed by atoms with Crippen LogP contribution in [0.4, 0.5) is 19.4 Å². The molecule has 19 heavy (non-hydrogen) atoms. The second-order valence-corrected chi connectivity index (χ2v) is 5.60. The van der Waals surface area contributed by atoms with E-state index in [1.165, 1.54) is 12.1 Å². The van der Waals surface area contributed by atoms with E-state index in [1.54, 1.807) is 6.92 Å². The normalized spacial score (nSPS) is 16.5. The molecule has 1 rings (SSSR count). The molecule has 2 nitrogen and oxygen atoms in total. The molecule has 0 radical (unpaired) electrons. The molecule has 0 saturated carbocycles. The summed E-state index contributed by atoms with van der Waals surface area (Å²) in [5.41, 5.74) is 0.530. The molecule has 8 heteroatoms. The summed E-state index contributed by atoms with van der Waals surface area (Å²) in [6.07, 6.45) is 0. The summed E-state index contributed by atoms with van der Waals surface area (Å²) in [6.45, 7) is 5.45. The van der Waals surface area contributed by atoms with E-state index >= 15 is 0 Å². The molecule has 0 aliphatic rings. The Morgan fingerprint density at radius 1 is 1.05 bits per heavy atom. The summed E-state index contributed by atoms with van der Waals surface area (Å²) in [4.78, 5) is 0. The van der Waals surface area contributed by atoms with Crippen LogP contribution in [0.25, 0.3) is 0 Å². The van der Waals surface area contributed by atoms with Gasteiger partial charge in [0, 0.05) is 12.5 Å². The summed E-state index contributed by atoms with van der Waals surface area (Å²) < 4.78 is 62.7. The Bertz CT molecular complexity index is 400. The van der Waals surface area contributed by atoms with Crippen LogP contribution in [-0.4, -0.2) is 11.7 Å². The van der Waals surface area contributed by atoms with Gasteiger partial charge in [-0.05, 0) is 17.7 Å². The topological polar surface area (TPSA) is 29.5 Å². The Labute approximate surface area is 109 Å². The van der Waals surface area contributed by atoms with Crippen molar-refractivity contribution in [3.63, 3.8) is 0 Å². The molecule has 0 saturated heterocycles. The van der Waals surface area contributed by atoms with E-state index in [0.717, 1.165) is 12.1 Å². The first-order chi connectivity index (χ1) is 8.40. The maximum Gasteiger partial charge on any atom is 0.435 e. The van der Waals surface area contributed by atoms with Gasteiger partial charge in [0.2, 0.25) is 0 Å². The molecule has 0 fully saturated rings. The molecule has 114 valence electrons. The number of rotatable bonds is 4. The molecule has 0 amide bonds. The van der Waals surface area contributed by atoms with Gasteiger partial charge < -0.3 is 9.29 Å². The number of aliphatic hydroxyl groups excluding tert-OH is 1. The highest BCUT2D eigenvalue weighted by atomic mass is 32.5. The Hall–Kier alpha value is -1.02. The van der Waals surface area contributed by atoms with Crippen molar-refractivity contribution < 1.29 is 28.7 Å². The number of benzene rings is 1. The fraction of sp³-hybridized carbons (Fsp3) is 0.455. The minimum absolute atomic E-state index is 0.193. The maximum atomic E-state index is 12.0. The predicted octanol–water partition coefficient (Wildman–Crippen LogP) is 5.40. The van der Waals surface area contributed by atoms with Crippen molar-refractivity contribution >= 4 is 10.5 Å².